The molecule has 0 radical (unpaired) electrons. The highest BCUT2D eigenvalue weighted by molar-refractivity contribution is 9.10. The molecule has 3 heterocycles. The van der Waals surface area contributed by atoms with Gasteiger partial charge in [-0.05, 0) is 28.1 Å². The fourth-order valence-electron chi connectivity index (χ4n) is 1.94. The molecule has 0 saturated carbocycles. The lowest BCUT2D eigenvalue weighted by Crippen LogP contribution is -2.53. The summed E-state index contributed by atoms with van der Waals surface area (Å²) in [4.78, 5) is 13.5. The van der Waals surface area contributed by atoms with Crippen LogP contribution < -0.4 is 0 Å². The van der Waals surface area contributed by atoms with Crippen molar-refractivity contribution in [1.29, 1.82) is 0 Å². The predicted molar refractivity (Wildman–Crippen MR) is 69.6 cm³/mol. The zero-order valence-corrected chi connectivity index (χ0v) is 11.6. The molecule has 1 fully saturated rings. The number of aliphatic hydroxyl groups excluding tert-OH is 1. The van der Waals surface area contributed by atoms with Crippen molar-refractivity contribution in [3.63, 3.8) is 0 Å². The first-order chi connectivity index (χ1) is 9.11. The van der Waals surface area contributed by atoms with E-state index in [0.29, 0.717) is 31.2 Å². The summed E-state index contributed by atoms with van der Waals surface area (Å²) in [5, 5.41) is 13.3. The van der Waals surface area contributed by atoms with Crippen LogP contribution in [0.25, 0.3) is 0 Å². The minimum atomic E-state index is -0.403. The average Bonchev–Trinajstić information content (AvgIpc) is 2.94. The van der Waals surface area contributed by atoms with E-state index in [-0.39, 0.29) is 5.91 Å². The third-order valence-corrected chi connectivity index (χ3v) is 3.35. The number of amides is 1. The van der Waals surface area contributed by atoms with Crippen molar-refractivity contribution < 1.29 is 14.3 Å². The van der Waals surface area contributed by atoms with Crippen LogP contribution >= 0.6 is 15.9 Å². The Morgan fingerprint density at radius 1 is 1.53 bits per heavy atom. The summed E-state index contributed by atoms with van der Waals surface area (Å²) < 4.78 is 8.11. The normalized spacial score (nSPS) is 15.6. The van der Waals surface area contributed by atoms with Crippen LogP contribution in [-0.2, 0) is 6.54 Å². The van der Waals surface area contributed by atoms with Gasteiger partial charge in [-0.2, -0.15) is 5.10 Å². The topological polar surface area (TPSA) is 71.5 Å². The maximum Gasteiger partial charge on any atom is 0.289 e. The van der Waals surface area contributed by atoms with Crippen molar-refractivity contribution in [3.8, 4) is 0 Å². The monoisotopic (exact) mass is 325 g/mol. The largest absolute Gasteiger partial charge is 0.454 e. The Morgan fingerprint density at radius 2 is 2.32 bits per heavy atom. The maximum absolute atomic E-state index is 11.9. The van der Waals surface area contributed by atoms with E-state index in [2.05, 4.69) is 21.0 Å². The smallest absolute Gasteiger partial charge is 0.289 e. The molecule has 1 aliphatic rings. The summed E-state index contributed by atoms with van der Waals surface area (Å²) in [5.41, 5.74) is 0. The Bertz CT molecular complexity index is 601. The molecule has 0 atom stereocenters. The number of β-amino-alcohol motifs (C(OH)–C–C–N with tert-alkyl or cyclic N) is 1. The van der Waals surface area contributed by atoms with Crippen molar-refractivity contribution in [2.24, 2.45) is 0 Å². The molecule has 1 aliphatic heterocycles. The number of rotatable bonds is 3. The van der Waals surface area contributed by atoms with Gasteiger partial charge in [0.15, 0.2) is 5.76 Å². The molecule has 100 valence electrons. The number of furan rings is 1. The summed E-state index contributed by atoms with van der Waals surface area (Å²) in [5.74, 6) is 0.784. The number of halogens is 1. The van der Waals surface area contributed by atoms with Crippen LogP contribution in [0.2, 0.25) is 0 Å². The number of aliphatic hydroxyl groups is 1. The van der Waals surface area contributed by atoms with Gasteiger partial charge in [0.25, 0.3) is 5.91 Å². The van der Waals surface area contributed by atoms with E-state index in [4.69, 9.17) is 4.42 Å². The molecule has 6 nitrogen and oxygen atoms in total. The second-order valence-corrected chi connectivity index (χ2v) is 5.40. The van der Waals surface area contributed by atoms with Crippen LogP contribution in [0.15, 0.2) is 33.4 Å². The van der Waals surface area contributed by atoms with Crippen molar-refractivity contribution in [1.82, 2.24) is 14.7 Å². The zero-order chi connectivity index (χ0) is 13.4. The summed E-state index contributed by atoms with van der Waals surface area (Å²) >= 11 is 3.32. The molecular formula is C12H12BrN3O3. The minimum absolute atomic E-state index is 0.182. The molecule has 1 saturated heterocycles. The van der Waals surface area contributed by atoms with Crippen LogP contribution in [0.3, 0.4) is 0 Å². The number of likely N-dealkylation sites (tertiary alicyclic amines) is 1. The Hall–Kier alpha value is -1.60. The van der Waals surface area contributed by atoms with E-state index < -0.39 is 6.10 Å². The van der Waals surface area contributed by atoms with Crippen LogP contribution in [-0.4, -0.2) is 44.9 Å². The lowest BCUT2D eigenvalue weighted by atomic mass is 10.1. The van der Waals surface area contributed by atoms with E-state index in [1.54, 1.807) is 27.9 Å². The van der Waals surface area contributed by atoms with Gasteiger partial charge in [-0.3, -0.25) is 9.48 Å². The van der Waals surface area contributed by atoms with Crippen LogP contribution in [0.4, 0.5) is 0 Å². The van der Waals surface area contributed by atoms with E-state index >= 15 is 0 Å². The van der Waals surface area contributed by atoms with Gasteiger partial charge >= 0.3 is 0 Å². The summed E-state index contributed by atoms with van der Waals surface area (Å²) in [6.07, 6.45) is 3.12. The highest BCUT2D eigenvalue weighted by atomic mass is 79.9. The first kappa shape index (κ1) is 12.4. The second kappa shape index (κ2) is 4.82. The van der Waals surface area contributed by atoms with Gasteiger partial charge in [-0.15, -0.1) is 0 Å². The number of hydrogen-bond donors (Lipinski definition) is 1. The molecule has 0 spiro atoms. The van der Waals surface area contributed by atoms with E-state index in [0.717, 1.165) is 4.47 Å². The summed E-state index contributed by atoms with van der Waals surface area (Å²) in [6, 6.07) is 3.42. The molecular weight excluding hydrogens is 314 g/mol. The molecule has 7 heteroatoms. The van der Waals surface area contributed by atoms with Gasteiger partial charge in [0.05, 0.1) is 23.3 Å². The molecule has 0 bridgehead atoms. The fourth-order valence-corrected chi connectivity index (χ4v) is 2.27. The van der Waals surface area contributed by atoms with Crippen molar-refractivity contribution in [2.45, 2.75) is 12.6 Å². The summed E-state index contributed by atoms with van der Waals surface area (Å²) in [7, 11) is 0. The molecule has 1 N–H and O–H groups in total. The molecule has 0 unspecified atom stereocenters. The predicted octanol–water partition coefficient (Wildman–Crippen LogP) is 1.10. The van der Waals surface area contributed by atoms with Crippen LogP contribution in [0.1, 0.15) is 16.3 Å². The third kappa shape index (κ3) is 2.57. The molecule has 1 amide bonds. The molecule has 0 aromatic carbocycles. The van der Waals surface area contributed by atoms with Crippen LogP contribution in [0.5, 0.6) is 0 Å². The highest BCUT2D eigenvalue weighted by Crippen LogP contribution is 2.17. The molecule has 3 rings (SSSR count). The quantitative estimate of drug-likeness (QED) is 0.917. The van der Waals surface area contributed by atoms with Crippen molar-refractivity contribution in [3.05, 3.63) is 40.5 Å². The molecule has 2 aromatic heterocycles. The SMILES string of the molecule is O=C(c1ccc(Cn2cc(Br)cn2)o1)N1CC(O)C1. The third-order valence-electron chi connectivity index (χ3n) is 2.94. The molecule has 19 heavy (non-hydrogen) atoms. The second-order valence-electron chi connectivity index (χ2n) is 4.49. The summed E-state index contributed by atoms with van der Waals surface area (Å²) in [6.45, 7) is 1.23. The lowest BCUT2D eigenvalue weighted by molar-refractivity contribution is 0.00382. The standard InChI is InChI=1S/C12H12BrN3O3/c13-8-3-14-16(4-8)7-10-1-2-11(19-10)12(18)15-5-9(17)6-15/h1-4,9,17H,5-7H2. The number of aromatic nitrogens is 2. The molecule has 2 aromatic rings. The maximum atomic E-state index is 11.9. The van der Waals surface area contributed by atoms with Gasteiger partial charge in [0, 0.05) is 19.3 Å². The Labute approximate surface area is 117 Å². The highest BCUT2D eigenvalue weighted by Gasteiger charge is 2.31. The number of hydrogen-bond acceptors (Lipinski definition) is 4. The van der Waals surface area contributed by atoms with Gasteiger partial charge in [0.1, 0.15) is 5.76 Å². The first-order valence-corrected chi connectivity index (χ1v) is 6.65. The van der Waals surface area contributed by atoms with Gasteiger partial charge < -0.3 is 14.4 Å². The van der Waals surface area contributed by atoms with Gasteiger partial charge in [0.2, 0.25) is 0 Å². The van der Waals surface area contributed by atoms with Crippen LogP contribution in [0, 0.1) is 0 Å². The minimum Gasteiger partial charge on any atom is -0.454 e. The Kier molecular flexibility index (Phi) is 3.16. The van der Waals surface area contributed by atoms with E-state index in [1.165, 1.54) is 0 Å². The Morgan fingerprint density at radius 3 is 2.95 bits per heavy atom. The average molecular weight is 326 g/mol. The number of nitrogens with zero attached hydrogens (tertiary/aromatic N) is 3. The molecule has 0 aliphatic carbocycles. The van der Waals surface area contributed by atoms with E-state index in [9.17, 15) is 9.90 Å². The first-order valence-electron chi connectivity index (χ1n) is 5.86. The van der Waals surface area contributed by atoms with Crippen molar-refractivity contribution >= 4 is 21.8 Å². The van der Waals surface area contributed by atoms with Gasteiger partial charge in [-0.25, -0.2) is 0 Å². The zero-order valence-electron chi connectivity index (χ0n) is 9.99. The van der Waals surface area contributed by atoms with Crippen molar-refractivity contribution in [2.75, 3.05) is 13.1 Å². The fraction of sp³-hybridized carbons (Fsp3) is 0.333. The number of carbonyl (C=O) groups is 1. The van der Waals surface area contributed by atoms with Gasteiger partial charge in [-0.1, -0.05) is 0 Å². The van der Waals surface area contributed by atoms with E-state index in [1.807, 2.05) is 6.20 Å². The Balaban J connectivity index is 1.67. The lowest BCUT2D eigenvalue weighted by Gasteiger charge is -2.35. The number of carbonyl (C=O) groups excluding carboxylic acids is 1.